The molecule has 9 nitrogen and oxygen atoms in total. The summed E-state index contributed by atoms with van der Waals surface area (Å²) < 4.78 is 0. The molecule has 234 valence electrons. The van der Waals surface area contributed by atoms with Crippen molar-refractivity contribution in [1.82, 2.24) is 10.6 Å². The van der Waals surface area contributed by atoms with Crippen LogP contribution in [0.1, 0.15) is 33.5 Å². The van der Waals surface area contributed by atoms with E-state index < -0.39 is 23.9 Å². The van der Waals surface area contributed by atoms with E-state index in [0.717, 1.165) is 16.7 Å². The van der Waals surface area contributed by atoms with Gasteiger partial charge in [-0.2, -0.15) is 0 Å². The van der Waals surface area contributed by atoms with Crippen molar-refractivity contribution in [2.75, 3.05) is 18.0 Å². The van der Waals surface area contributed by atoms with Gasteiger partial charge in [-0.15, -0.1) is 0 Å². The molecule has 1 unspecified atom stereocenters. The zero-order valence-corrected chi connectivity index (χ0v) is 25.3. The Morgan fingerprint density at radius 2 is 1.51 bits per heavy atom. The third-order valence-electron chi connectivity index (χ3n) is 7.81. The van der Waals surface area contributed by atoms with Crippen LogP contribution in [0.4, 0.5) is 5.69 Å². The number of amides is 3. The highest BCUT2D eigenvalue weighted by Crippen LogP contribution is 2.33. The summed E-state index contributed by atoms with van der Waals surface area (Å²) in [5.41, 5.74) is 5.27. The number of nitrogens with zero attached hydrogens (tertiary/aromatic N) is 2. The van der Waals surface area contributed by atoms with E-state index in [1.54, 1.807) is 53.4 Å². The largest absolute Gasteiger partial charge is 0.508 e. The minimum Gasteiger partial charge on any atom is -0.508 e. The number of rotatable bonds is 8. The summed E-state index contributed by atoms with van der Waals surface area (Å²) in [6.07, 6.45) is 7.43. The van der Waals surface area contributed by atoms with Crippen LogP contribution in [0.15, 0.2) is 138 Å². The predicted octanol–water partition coefficient (Wildman–Crippen LogP) is 5.12. The molecule has 0 radical (unpaired) electrons. The topological polar surface area (TPSA) is 131 Å². The zero-order valence-electron chi connectivity index (χ0n) is 25.3. The van der Waals surface area contributed by atoms with Gasteiger partial charge in [-0.05, 0) is 77.7 Å². The minimum absolute atomic E-state index is 0.0287. The van der Waals surface area contributed by atoms with Gasteiger partial charge in [0, 0.05) is 16.7 Å². The van der Waals surface area contributed by atoms with E-state index in [-0.39, 0.29) is 24.6 Å². The molecule has 4 aromatic rings. The van der Waals surface area contributed by atoms with Crippen LogP contribution in [0, 0.1) is 0 Å². The van der Waals surface area contributed by atoms with E-state index >= 15 is 0 Å². The molecule has 1 aliphatic heterocycles. The fourth-order valence-corrected chi connectivity index (χ4v) is 5.45. The van der Waals surface area contributed by atoms with Crippen LogP contribution in [-0.2, 0) is 9.59 Å². The first kappa shape index (κ1) is 30.8. The van der Waals surface area contributed by atoms with Gasteiger partial charge in [0.1, 0.15) is 11.5 Å². The highest BCUT2D eigenvalue weighted by molar-refractivity contribution is 6.20. The van der Waals surface area contributed by atoms with Gasteiger partial charge in [-0.3, -0.25) is 14.4 Å². The molecule has 4 N–H and O–H groups in total. The number of anilines is 1. The smallest absolute Gasteiger partial charge is 0.272 e. The molecule has 0 spiro atoms. The van der Waals surface area contributed by atoms with Crippen molar-refractivity contribution in [3.05, 3.63) is 155 Å². The molecule has 47 heavy (non-hydrogen) atoms. The van der Waals surface area contributed by atoms with Crippen LogP contribution < -0.4 is 15.5 Å². The Bertz CT molecular complexity index is 1930. The van der Waals surface area contributed by atoms with Gasteiger partial charge >= 0.3 is 0 Å². The number of carbonyl (C=O) groups is 3. The maximum absolute atomic E-state index is 14.3. The zero-order chi connectivity index (χ0) is 32.8. The Hall–Kier alpha value is -6.22. The molecule has 0 aromatic heterocycles. The van der Waals surface area contributed by atoms with Crippen molar-refractivity contribution in [3.63, 3.8) is 0 Å². The highest BCUT2D eigenvalue weighted by Gasteiger charge is 2.33. The van der Waals surface area contributed by atoms with E-state index in [1.807, 2.05) is 48.6 Å². The Balaban J connectivity index is 1.32. The minimum atomic E-state index is -1.36. The first-order chi connectivity index (χ1) is 22.9. The number of fused-ring (bicyclic) bond motifs is 1. The molecule has 1 heterocycles. The molecular weight excluding hydrogens is 592 g/mol. The Morgan fingerprint density at radius 3 is 2.26 bits per heavy atom. The molecule has 0 saturated carbocycles. The molecule has 3 amide bonds. The molecule has 0 fully saturated rings. The number of aromatic hydroxyl groups is 2. The van der Waals surface area contributed by atoms with E-state index in [4.69, 9.17) is 4.99 Å². The number of nitrogens with one attached hydrogen (secondary N) is 2. The lowest BCUT2D eigenvalue weighted by Crippen LogP contribution is -2.50. The third kappa shape index (κ3) is 7.20. The number of phenolic OH excluding ortho intramolecular Hbond substituents is 2. The second-order valence-corrected chi connectivity index (χ2v) is 11.0. The van der Waals surface area contributed by atoms with E-state index in [2.05, 4.69) is 16.7 Å². The summed E-state index contributed by atoms with van der Waals surface area (Å²) in [6.45, 7) is -0.213. The summed E-state index contributed by atoms with van der Waals surface area (Å²) >= 11 is 0. The fraction of sp³-hybridized carbons (Fsp3) is 0.105. The SMILES string of the molecule is O=C(CNC(=O)c1ccccc1)NC1N=C(c2ccc(O)cc2)c2cc(O)ccc2N(CC2=CCC=C(c3ccccc3)C=C2)C1=O. The lowest BCUT2D eigenvalue weighted by Gasteiger charge is -2.26. The Morgan fingerprint density at radius 1 is 0.809 bits per heavy atom. The number of phenols is 2. The number of carbonyl (C=O) groups excluding carboxylic acids is 3. The molecule has 6 rings (SSSR count). The van der Waals surface area contributed by atoms with Gasteiger partial charge in [0.05, 0.1) is 24.5 Å². The monoisotopic (exact) mass is 624 g/mol. The fourth-order valence-electron chi connectivity index (χ4n) is 5.45. The van der Waals surface area contributed by atoms with Crippen LogP contribution in [0.25, 0.3) is 5.57 Å². The molecule has 1 atom stereocenters. The summed E-state index contributed by atoms with van der Waals surface area (Å²) in [7, 11) is 0. The van der Waals surface area contributed by atoms with E-state index in [0.29, 0.717) is 34.5 Å². The average molecular weight is 625 g/mol. The number of benzene rings is 4. The lowest BCUT2D eigenvalue weighted by molar-refractivity contribution is -0.126. The van der Waals surface area contributed by atoms with Gasteiger partial charge < -0.3 is 25.7 Å². The molecule has 2 aliphatic rings. The van der Waals surface area contributed by atoms with Crippen LogP contribution in [-0.4, -0.2) is 52.9 Å². The van der Waals surface area contributed by atoms with Crippen LogP contribution in [0.3, 0.4) is 0 Å². The summed E-state index contributed by atoms with van der Waals surface area (Å²) in [6, 6.07) is 29.5. The molecule has 0 bridgehead atoms. The van der Waals surface area contributed by atoms with Crippen molar-refractivity contribution in [3.8, 4) is 11.5 Å². The standard InChI is InChI=1S/C38H32N4O5/c43-30-18-16-28(17-19-30)35-32-22-31(44)20-21-33(32)42(24-25-8-7-13-27(15-14-25)26-9-3-1-4-10-26)38(47)36(41-35)40-34(45)23-39-37(46)29-11-5-2-6-12-29/h1-6,8-22,36,43-44H,7,23-24H2,(H,39,46)(H,40,45). The van der Waals surface area contributed by atoms with Crippen molar-refractivity contribution < 1.29 is 24.6 Å². The van der Waals surface area contributed by atoms with E-state index in [1.165, 1.54) is 24.3 Å². The molecule has 0 saturated heterocycles. The maximum Gasteiger partial charge on any atom is 0.272 e. The Kier molecular flexibility index (Phi) is 9.06. The van der Waals surface area contributed by atoms with Crippen molar-refractivity contribution in [1.29, 1.82) is 0 Å². The number of allylic oxidation sites excluding steroid dienone is 4. The predicted molar refractivity (Wildman–Crippen MR) is 181 cm³/mol. The number of hydrogen-bond acceptors (Lipinski definition) is 6. The molecular formula is C38H32N4O5. The molecule has 1 aliphatic carbocycles. The van der Waals surface area contributed by atoms with Gasteiger partial charge in [0.15, 0.2) is 0 Å². The highest BCUT2D eigenvalue weighted by atomic mass is 16.3. The molecule has 4 aromatic carbocycles. The number of hydrogen-bond donors (Lipinski definition) is 4. The van der Waals surface area contributed by atoms with Gasteiger partial charge in [-0.25, -0.2) is 4.99 Å². The third-order valence-corrected chi connectivity index (χ3v) is 7.81. The van der Waals surface area contributed by atoms with Gasteiger partial charge in [-0.1, -0.05) is 72.8 Å². The summed E-state index contributed by atoms with van der Waals surface area (Å²) in [5, 5.41) is 25.7. The van der Waals surface area contributed by atoms with Crippen LogP contribution in [0.2, 0.25) is 0 Å². The van der Waals surface area contributed by atoms with Gasteiger partial charge in [0.2, 0.25) is 12.1 Å². The second-order valence-electron chi connectivity index (χ2n) is 11.0. The molecule has 9 heteroatoms. The van der Waals surface area contributed by atoms with Crippen molar-refractivity contribution >= 4 is 34.7 Å². The van der Waals surface area contributed by atoms with Gasteiger partial charge in [0.25, 0.3) is 11.8 Å². The number of benzodiazepines with no additional fused rings is 1. The summed E-state index contributed by atoms with van der Waals surface area (Å²) in [4.78, 5) is 46.3. The van der Waals surface area contributed by atoms with E-state index in [9.17, 15) is 24.6 Å². The van der Waals surface area contributed by atoms with Crippen molar-refractivity contribution in [2.45, 2.75) is 12.6 Å². The van der Waals surface area contributed by atoms with Crippen LogP contribution >= 0.6 is 0 Å². The Labute approximate surface area is 271 Å². The van der Waals surface area contributed by atoms with Crippen molar-refractivity contribution in [2.24, 2.45) is 4.99 Å². The first-order valence-electron chi connectivity index (χ1n) is 15.1. The van der Waals surface area contributed by atoms with Crippen LogP contribution in [0.5, 0.6) is 11.5 Å². The normalized spacial score (nSPS) is 15.7. The lowest BCUT2D eigenvalue weighted by atomic mass is 9.99. The average Bonchev–Trinajstić information content (AvgIpc) is 3.39. The first-order valence-corrected chi connectivity index (χ1v) is 15.1. The number of aliphatic imine (C=N–C) groups is 1. The quantitative estimate of drug-likeness (QED) is 0.216. The second kappa shape index (κ2) is 13.8. The maximum atomic E-state index is 14.3. The summed E-state index contributed by atoms with van der Waals surface area (Å²) in [5.74, 6) is -1.52.